The van der Waals surface area contributed by atoms with E-state index >= 15 is 0 Å². The van der Waals surface area contributed by atoms with Crippen LogP contribution in [-0.4, -0.2) is 39.2 Å². The Labute approximate surface area is 201 Å². The summed E-state index contributed by atoms with van der Waals surface area (Å²) in [6.45, 7) is 2.17. The fourth-order valence-corrected chi connectivity index (χ4v) is 4.60. The lowest BCUT2D eigenvalue weighted by molar-refractivity contribution is -0.129. The number of nitrogens with zero attached hydrogens (tertiary/aromatic N) is 2. The predicted octanol–water partition coefficient (Wildman–Crippen LogP) is 6.14. The van der Waals surface area contributed by atoms with Crippen LogP contribution in [0.5, 0.6) is 5.75 Å². The fraction of sp³-hybridized carbons (Fsp3) is 0.250. The van der Waals surface area contributed by atoms with Gasteiger partial charge in [0.15, 0.2) is 5.17 Å². The summed E-state index contributed by atoms with van der Waals surface area (Å²) >= 11 is 17.9. The van der Waals surface area contributed by atoms with E-state index in [0.717, 1.165) is 11.8 Å². The Balaban J connectivity index is 1.75. The lowest BCUT2D eigenvalue weighted by Crippen LogP contribution is -2.45. The van der Waals surface area contributed by atoms with Crippen molar-refractivity contribution < 1.29 is 23.1 Å². The van der Waals surface area contributed by atoms with Crippen LogP contribution in [0.1, 0.15) is 13.3 Å². The number of nitrogens with one attached hydrogen (secondary N) is 1. The number of aliphatic imine (C=N–C) groups is 1. The number of thioether (sulfide) groups is 1. The molecule has 2 aromatic carbocycles. The molecule has 1 atom stereocenters. The maximum absolute atomic E-state index is 12.8. The maximum Gasteiger partial charge on any atom is 0.487 e. The molecule has 1 heterocycles. The fourth-order valence-electron chi connectivity index (χ4n) is 2.83. The third-order valence-corrected chi connectivity index (χ3v) is 5.88. The number of alkyl halides is 3. The van der Waals surface area contributed by atoms with Crippen molar-refractivity contribution in [1.29, 1.82) is 0 Å². The van der Waals surface area contributed by atoms with E-state index in [1.807, 2.05) is 0 Å². The van der Waals surface area contributed by atoms with Crippen LogP contribution in [0.2, 0.25) is 10.0 Å². The molecule has 1 saturated heterocycles. The second-order valence-electron chi connectivity index (χ2n) is 6.53. The molecule has 0 saturated carbocycles. The Bertz CT molecular complexity index is 1030. The summed E-state index contributed by atoms with van der Waals surface area (Å²) in [7, 11) is 0. The summed E-state index contributed by atoms with van der Waals surface area (Å²) in [5.74, 6) is -0.864. The average molecular weight is 523 g/mol. The number of ether oxygens (including phenoxy) is 1. The molecule has 0 bridgehead atoms. The maximum atomic E-state index is 12.8. The number of amidine groups is 1. The highest BCUT2D eigenvalue weighted by atomic mass is 35.5. The summed E-state index contributed by atoms with van der Waals surface area (Å²) in [6, 6.07) is 9.98. The summed E-state index contributed by atoms with van der Waals surface area (Å²) in [4.78, 5) is 31.3. The van der Waals surface area contributed by atoms with Crippen LogP contribution in [0.3, 0.4) is 0 Å². The zero-order valence-electron chi connectivity index (χ0n) is 16.5. The van der Waals surface area contributed by atoms with E-state index in [9.17, 15) is 18.4 Å². The largest absolute Gasteiger partial charge is 0.487 e. The highest BCUT2D eigenvalue weighted by Gasteiger charge is 2.35. The minimum absolute atomic E-state index is 0.0284. The Morgan fingerprint density at radius 2 is 1.88 bits per heavy atom. The van der Waals surface area contributed by atoms with Gasteiger partial charge in [0.2, 0.25) is 11.8 Å². The van der Waals surface area contributed by atoms with Gasteiger partial charge in [0.05, 0.1) is 5.69 Å². The first-order chi connectivity index (χ1) is 15.0. The van der Waals surface area contributed by atoms with Crippen molar-refractivity contribution in [3.05, 3.63) is 52.5 Å². The van der Waals surface area contributed by atoms with Gasteiger partial charge in [-0.25, -0.2) is 4.99 Å². The molecule has 2 amide bonds. The van der Waals surface area contributed by atoms with Gasteiger partial charge in [-0.1, -0.05) is 35.0 Å². The van der Waals surface area contributed by atoms with Crippen molar-refractivity contribution in [3.63, 3.8) is 0 Å². The van der Waals surface area contributed by atoms with Crippen molar-refractivity contribution in [3.8, 4) is 5.75 Å². The van der Waals surface area contributed by atoms with Crippen LogP contribution in [-0.2, 0) is 9.59 Å². The van der Waals surface area contributed by atoms with Crippen molar-refractivity contribution in [2.45, 2.75) is 24.2 Å². The zero-order chi connectivity index (χ0) is 23.5. The van der Waals surface area contributed by atoms with Gasteiger partial charge in [0.25, 0.3) is 0 Å². The number of halogens is 5. The highest BCUT2D eigenvalue weighted by molar-refractivity contribution is 8.15. The second-order valence-corrected chi connectivity index (χ2v) is 9.01. The SMILES string of the molecule is CCN1C(=O)CC(C(=O)Nc2ccc(OC(F)(F)Cl)cc2)SC1=Nc1cc(Cl)cc(Cl)c1. The number of rotatable bonds is 6. The number of carbonyl (C=O) groups excluding carboxylic acids is 2. The summed E-state index contributed by atoms with van der Waals surface area (Å²) in [5.41, 5.74) is -3.05. The Morgan fingerprint density at radius 1 is 1.25 bits per heavy atom. The Kier molecular flexibility index (Phi) is 7.87. The average Bonchev–Trinajstić information content (AvgIpc) is 2.67. The number of amides is 2. The monoisotopic (exact) mass is 521 g/mol. The number of anilines is 1. The molecule has 170 valence electrons. The third-order valence-electron chi connectivity index (χ3n) is 4.18. The summed E-state index contributed by atoms with van der Waals surface area (Å²) < 4.78 is 29.6. The zero-order valence-corrected chi connectivity index (χ0v) is 19.5. The van der Waals surface area contributed by atoms with Crippen molar-refractivity contribution >= 4 is 74.9 Å². The molecule has 1 N–H and O–H groups in total. The van der Waals surface area contributed by atoms with Gasteiger partial charge in [0.1, 0.15) is 11.0 Å². The molecule has 0 aliphatic carbocycles. The molecule has 12 heteroatoms. The quantitative estimate of drug-likeness (QED) is 0.463. The molecule has 2 aromatic rings. The molecule has 1 unspecified atom stereocenters. The first-order valence-electron chi connectivity index (χ1n) is 9.22. The molecule has 32 heavy (non-hydrogen) atoms. The molecule has 1 aliphatic heterocycles. The lowest BCUT2D eigenvalue weighted by atomic mass is 10.2. The lowest BCUT2D eigenvalue weighted by Gasteiger charge is -2.31. The first-order valence-corrected chi connectivity index (χ1v) is 11.2. The molecule has 0 aromatic heterocycles. The van der Waals surface area contributed by atoms with E-state index in [1.165, 1.54) is 29.2 Å². The van der Waals surface area contributed by atoms with Crippen molar-refractivity contribution in [1.82, 2.24) is 4.90 Å². The molecule has 3 rings (SSSR count). The smallest absolute Gasteiger partial charge is 0.420 e. The Hall–Kier alpha value is -2.07. The van der Waals surface area contributed by atoms with Gasteiger partial charge >= 0.3 is 5.57 Å². The van der Waals surface area contributed by atoms with Crippen LogP contribution >= 0.6 is 46.6 Å². The van der Waals surface area contributed by atoms with Crippen LogP contribution in [0, 0.1) is 0 Å². The predicted molar refractivity (Wildman–Crippen MR) is 123 cm³/mol. The molecule has 1 aliphatic rings. The molecular weight excluding hydrogens is 507 g/mol. The Morgan fingerprint density at radius 3 is 2.44 bits per heavy atom. The number of hydrogen-bond donors (Lipinski definition) is 1. The van der Waals surface area contributed by atoms with Gasteiger partial charge < -0.3 is 10.1 Å². The summed E-state index contributed by atoms with van der Waals surface area (Å²) in [6.07, 6.45) is -0.0284. The van der Waals surface area contributed by atoms with Gasteiger partial charge in [-0.3, -0.25) is 14.5 Å². The minimum Gasteiger partial charge on any atom is -0.420 e. The highest BCUT2D eigenvalue weighted by Crippen LogP contribution is 2.32. The van der Waals surface area contributed by atoms with Crippen LogP contribution < -0.4 is 10.1 Å². The number of hydrogen-bond acceptors (Lipinski definition) is 5. The minimum atomic E-state index is -3.84. The van der Waals surface area contributed by atoms with E-state index in [4.69, 9.17) is 34.8 Å². The van der Waals surface area contributed by atoms with Crippen LogP contribution in [0.15, 0.2) is 47.5 Å². The standard InChI is InChI=1S/C20H16Cl3F2N3O3S/c1-2-28-17(29)10-16(32-19(28)27-14-8-11(21)7-12(22)9-14)18(30)26-13-3-5-15(6-4-13)31-20(23,24)25/h3-9,16H,2,10H2,1H3,(H,26,30). The molecule has 0 spiro atoms. The van der Waals surface area contributed by atoms with E-state index < -0.39 is 16.7 Å². The van der Waals surface area contributed by atoms with Crippen LogP contribution in [0.4, 0.5) is 20.2 Å². The van der Waals surface area contributed by atoms with E-state index in [0.29, 0.717) is 33.1 Å². The van der Waals surface area contributed by atoms with Gasteiger partial charge in [-0.05, 0) is 49.4 Å². The molecular formula is C20H16Cl3F2N3O3S. The van der Waals surface area contributed by atoms with Crippen molar-refractivity contribution in [2.75, 3.05) is 11.9 Å². The van der Waals surface area contributed by atoms with Gasteiger partial charge in [-0.2, -0.15) is 0 Å². The second kappa shape index (κ2) is 10.2. The van der Waals surface area contributed by atoms with Crippen molar-refractivity contribution in [2.24, 2.45) is 4.99 Å². The molecule has 0 radical (unpaired) electrons. The van der Waals surface area contributed by atoms with Gasteiger partial charge in [0, 0.05) is 40.3 Å². The molecule has 1 fully saturated rings. The van der Waals surface area contributed by atoms with E-state index in [1.54, 1.807) is 25.1 Å². The van der Waals surface area contributed by atoms with Crippen LogP contribution in [0.25, 0.3) is 0 Å². The third kappa shape index (κ3) is 6.71. The normalized spacial score (nSPS) is 18.1. The molecule has 6 nitrogen and oxygen atoms in total. The number of benzene rings is 2. The number of carbonyl (C=O) groups is 2. The van der Waals surface area contributed by atoms with Gasteiger partial charge in [-0.15, -0.1) is 8.78 Å². The van der Waals surface area contributed by atoms with E-state index in [-0.39, 0.29) is 18.1 Å². The van der Waals surface area contributed by atoms with E-state index in [2.05, 4.69) is 15.0 Å². The topological polar surface area (TPSA) is 71.0 Å². The summed E-state index contributed by atoms with van der Waals surface area (Å²) in [5, 5.41) is 3.03. The first kappa shape index (κ1) is 24.6.